The van der Waals surface area contributed by atoms with Crippen LogP contribution in [0.15, 0.2) is 191 Å². The van der Waals surface area contributed by atoms with Crippen molar-refractivity contribution in [2.45, 2.75) is 0 Å². The summed E-state index contributed by atoms with van der Waals surface area (Å²) < 4.78 is 15.5. The molecule has 274 valence electrons. The van der Waals surface area contributed by atoms with E-state index in [9.17, 15) is 0 Å². The average Bonchev–Trinajstić information content (AvgIpc) is 3.96. The van der Waals surface area contributed by atoms with Crippen LogP contribution in [-0.2, 0) is 0 Å². The molecule has 0 aliphatic rings. The molecule has 0 saturated heterocycles. The Morgan fingerprint density at radius 1 is 0.356 bits per heavy atom. The zero-order chi connectivity index (χ0) is 38.6. The minimum absolute atomic E-state index is 0.515. The summed E-state index contributed by atoms with van der Waals surface area (Å²) in [7, 11) is 0. The number of benzene rings is 9. The molecule has 0 atom stereocenters. The molecule has 0 amide bonds. The minimum Gasteiger partial charge on any atom is -0.456 e. The highest BCUT2D eigenvalue weighted by Gasteiger charge is 2.25. The zero-order valence-electron chi connectivity index (χ0n) is 31.4. The smallest absolute Gasteiger partial charge is 0.170 e. The largest absolute Gasteiger partial charge is 0.456 e. The van der Waals surface area contributed by atoms with Gasteiger partial charge in [0, 0.05) is 43.4 Å². The van der Waals surface area contributed by atoms with Crippen molar-refractivity contribution in [3.63, 3.8) is 0 Å². The summed E-state index contributed by atoms with van der Waals surface area (Å²) in [5, 5.41) is 10.9. The predicted molar refractivity (Wildman–Crippen MR) is 240 cm³/mol. The van der Waals surface area contributed by atoms with Crippen LogP contribution in [0.2, 0.25) is 0 Å². The molecule has 0 saturated carbocycles. The first-order chi connectivity index (χ1) is 29.2. The van der Waals surface area contributed by atoms with E-state index in [4.69, 9.17) is 23.8 Å². The van der Waals surface area contributed by atoms with E-state index in [1.165, 1.54) is 16.2 Å². The van der Waals surface area contributed by atoms with Gasteiger partial charge < -0.3 is 13.4 Å². The quantitative estimate of drug-likeness (QED) is 0.179. The van der Waals surface area contributed by atoms with E-state index >= 15 is 0 Å². The summed E-state index contributed by atoms with van der Waals surface area (Å²) >= 11 is 0. The number of para-hydroxylation sites is 3. The summed E-state index contributed by atoms with van der Waals surface area (Å²) in [5.74, 6) is 1.64. The van der Waals surface area contributed by atoms with Gasteiger partial charge >= 0.3 is 0 Å². The Morgan fingerprint density at radius 3 is 1.83 bits per heavy atom. The van der Waals surface area contributed by atoms with Crippen molar-refractivity contribution in [2.24, 2.45) is 0 Å². The van der Waals surface area contributed by atoms with E-state index in [0.29, 0.717) is 23.1 Å². The molecule has 4 aromatic heterocycles. The fourth-order valence-electron chi connectivity index (χ4n) is 9.12. The second-order valence-corrected chi connectivity index (χ2v) is 15.1. The van der Waals surface area contributed by atoms with Gasteiger partial charge in [-0.3, -0.25) is 0 Å². The van der Waals surface area contributed by atoms with Crippen LogP contribution in [0.3, 0.4) is 0 Å². The molecule has 0 bridgehead atoms. The third-order valence-corrected chi connectivity index (χ3v) is 11.8. The van der Waals surface area contributed by atoms with E-state index in [1.54, 1.807) is 0 Å². The summed E-state index contributed by atoms with van der Waals surface area (Å²) in [6, 6.07) is 63.3. The van der Waals surface area contributed by atoms with E-state index in [0.717, 1.165) is 87.9 Å². The summed E-state index contributed by atoms with van der Waals surface area (Å²) in [5.41, 5.74) is 8.81. The zero-order valence-corrected chi connectivity index (χ0v) is 31.4. The Balaban J connectivity index is 1.17. The first kappa shape index (κ1) is 32.0. The summed E-state index contributed by atoms with van der Waals surface area (Å²) in [4.78, 5) is 16.1. The first-order valence-electron chi connectivity index (χ1n) is 19.8. The van der Waals surface area contributed by atoms with Gasteiger partial charge in [0.15, 0.2) is 17.5 Å². The topological polar surface area (TPSA) is 69.9 Å². The van der Waals surface area contributed by atoms with Crippen molar-refractivity contribution in [1.29, 1.82) is 0 Å². The lowest BCUT2D eigenvalue weighted by Crippen LogP contribution is -2.04. The van der Waals surface area contributed by atoms with E-state index in [2.05, 4.69) is 144 Å². The lowest BCUT2D eigenvalue weighted by atomic mass is 10.0. The van der Waals surface area contributed by atoms with Gasteiger partial charge in [-0.25, -0.2) is 15.0 Å². The Labute approximate surface area is 336 Å². The van der Waals surface area contributed by atoms with Crippen molar-refractivity contribution >= 4 is 87.2 Å². The molecule has 0 spiro atoms. The van der Waals surface area contributed by atoms with Crippen LogP contribution in [0, 0.1) is 0 Å². The third kappa shape index (κ3) is 4.77. The molecule has 4 heterocycles. The standard InChI is InChI=1S/C53H30N4O2/c1-2-14-33-30-45-41(28-32(33)13-1)36-17-5-8-21-43(36)57(45)44-26-25-39-37-18-6-10-23-47(37)59-50(39)49(44)53-55-51(34-24-27-48-42(29-34)38-19-7-9-22-46(38)58-48)54-52(56-53)40-20-11-15-31-12-3-4-16-35(31)40/h1-30H. The molecule has 9 aromatic carbocycles. The van der Waals surface area contributed by atoms with Crippen LogP contribution in [0.4, 0.5) is 0 Å². The Hall–Kier alpha value is -8.09. The number of furan rings is 2. The Morgan fingerprint density at radius 2 is 0.983 bits per heavy atom. The molecule has 59 heavy (non-hydrogen) atoms. The monoisotopic (exact) mass is 754 g/mol. The molecule has 6 nitrogen and oxygen atoms in total. The number of nitrogens with zero attached hydrogens (tertiary/aromatic N) is 4. The maximum Gasteiger partial charge on any atom is 0.170 e. The van der Waals surface area contributed by atoms with Gasteiger partial charge in [0.05, 0.1) is 22.3 Å². The molecule has 0 fully saturated rings. The van der Waals surface area contributed by atoms with E-state index in [1.807, 2.05) is 42.5 Å². The Bertz CT molecular complexity index is 3870. The summed E-state index contributed by atoms with van der Waals surface area (Å²) in [6.45, 7) is 0. The van der Waals surface area contributed by atoms with Crippen molar-refractivity contribution in [3.8, 4) is 39.9 Å². The van der Waals surface area contributed by atoms with Gasteiger partial charge in [-0.2, -0.15) is 0 Å². The molecule has 0 aliphatic carbocycles. The number of hydrogen-bond donors (Lipinski definition) is 0. The van der Waals surface area contributed by atoms with Gasteiger partial charge in [-0.05, 0) is 82.2 Å². The highest BCUT2D eigenvalue weighted by atomic mass is 16.3. The van der Waals surface area contributed by atoms with Crippen LogP contribution in [0.5, 0.6) is 0 Å². The molecule has 6 heteroatoms. The maximum absolute atomic E-state index is 6.90. The van der Waals surface area contributed by atoms with Crippen molar-refractivity contribution in [2.75, 3.05) is 0 Å². The van der Waals surface area contributed by atoms with Gasteiger partial charge in [0.2, 0.25) is 0 Å². The van der Waals surface area contributed by atoms with E-state index < -0.39 is 0 Å². The number of hydrogen-bond acceptors (Lipinski definition) is 5. The molecule has 0 unspecified atom stereocenters. The molecule has 0 N–H and O–H groups in total. The van der Waals surface area contributed by atoms with Crippen LogP contribution < -0.4 is 0 Å². The van der Waals surface area contributed by atoms with Gasteiger partial charge in [0.1, 0.15) is 22.3 Å². The minimum atomic E-state index is 0.515. The van der Waals surface area contributed by atoms with Crippen LogP contribution >= 0.6 is 0 Å². The van der Waals surface area contributed by atoms with Crippen molar-refractivity contribution < 1.29 is 8.83 Å². The van der Waals surface area contributed by atoms with Crippen molar-refractivity contribution in [3.05, 3.63) is 182 Å². The van der Waals surface area contributed by atoms with Crippen LogP contribution in [0.1, 0.15) is 0 Å². The van der Waals surface area contributed by atoms with Crippen molar-refractivity contribution in [1.82, 2.24) is 19.5 Å². The number of fused-ring (bicyclic) bond motifs is 11. The second-order valence-electron chi connectivity index (χ2n) is 15.1. The number of aromatic nitrogens is 4. The first-order valence-corrected chi connectivity index (χ1v) is 19.8. The van der Waals surface area contributed by atoms with Crippen LogP contribution in [-0.4, -0.2) is 19.5 Å². The fraction of sp³-hybridized carbons (Fsp3) is 0. The summed E-state index contributed by atoms with van der Waals surface area (Å²) in [6.07, 6.45) is 0. The maximum atomic E-state index is 6.90. The third-order valence-electron chi connectivity index (χ3n) is 11.8. The molecule has 13 aromatic rings. The Kier molecular flexibility index (Phi) is 6.63. The lowest BCUT2D eigenvalue weighted by molar-refractivity contribution is 0.669. The lowest BCUT2D eigenvalue weighted by Gasteiger charge is -2.16. The molecule has 0 radical (unpaired) electrons. The SMILES string of the molecule is c1ccc2cc3c(cc2c1)c1ccccc1n3-c1ccc2c(oc3ccccc32)c1-c1nc(-c2ccc3oc4ccccc4c3c2)nc(-c2cccc3ccccc23)n1. The van der Waals surface area contributed by atoms with E-state index in [-0.39, 0.29) is 0 Å². The highest BCUT2D eigenvalue weighted by molar-refractivity contribution is 6.16. The number of rotatable bonds is 4. The molecular weight excluding hydrogens is 725 g/mol. The predicted octanol–water partition coefficient (Wildman–Crippen LogP) is 14.1. The normalized spacial score (nSPS) is 12.1. The molecule has 0 aliphatic heterocycles. The molecular formula is C53H30N4O2. The molecule has 13 rings (SSSR count). The van der Waals surface area contributed by atoms with Gasteiger partial charge in [0.25, 0.3) is 0 Å². The van der Waals surface area contributed by atoms with Gasteiger partial charge in [-0.15, -0.1) is 0 Å². The van der Waals surface area contributed by atoms with Gasteiger partial charge in [-0.1, -0.05) is 121 Å². The average molecular weight is 755 g/mol. The van der Waals surface area contributed by atoms with Crippen LogP contribution in [0.25, 0.3) is 127 Å². The fourth-order valence-corrected chi connectivity index (χ4v) is 9.12. The highest BCUT2D eigenvalue weighted by Crippen LogP contribution is 2.44. The second kappa shape index (κ2) is 12.2.